The molecule has 0 bridgehead atoms. The number of nitrogens with zero attached hydrogens (tertiary/aromatic N) is 2. The average Bonchev–Trinajstić information content (AvgIpc) is 3.02. The molecule has 25 heavy (non-hydrogen) atoms. The number of amides is 1. The van der Waals surface area contributed by atoms with E-state index in [2.05, 4.69) is 47.1 Å². The lowest BCUT2D eigenvalue weighted by Crippen LogP contribution is -2.37. The fourth-order valence-electron chi connectivity index (χ4n) is 3.52. The molecular weight excluding hydrogens is 378 g/mol. The Kier molecular flexibility index (Phi) is 5.32. The van der Waals surface area contributed by atoms with Gasteiger partial charge in [-0.2, -0.15) is 5.10 Å². The summed E-state index contributed by atoms with van der Waals surface area (Å²) >= 11 is 3.47. The largest absolute Gasteiger partial charge is 0.349 e. The Hall–Kier alpha value is -1.62. The van der Waals surface area contributed by atoms with Crippen molar-refractivity contribution in [3.05, 3.63) is 46.2 Å². The van der Waals surface area contributed by atoms with E-state index in [1.807, 2.05) is 28.9 Å². The Labute approximate surface area is 158 Å². The second-order valence-corrected chi connectivity index (χ2v) is 8.77. The third-order valence-electron chi connectivity index (χ3n) is 4.74. The second kappa shape index (κ2) is 7.32. The normalized spacial score (nSPS) is 16.0. The van der Waals surface area contributed by atoms with Crippen molar-refractivity contribution >= 4 is 21.8 Å². The standard InChI is InChI=1S/C20H26BrN3O/c1-20(2,3)18-17(19(25)23-15-7-5-4-6-8-15)13-22-24(18)16-11-9-14(21)10-12-16/h9-13,15H,4-8H2,1-3H3,(H,23,25). The smallest absolute Gasteiger partial charge is 0.255 e. The summed E-state index contributed by atoms with van der Waals surface area (Å²) in [5, 5.41) is 7.76. The van der Waals surface area contributed by atoms with E-state index in [9.17, 15) is 4.79 Å². The van der Waals surface area contributed by atoms with E-state index in [0.717, 1.165) is 28.7 Å². The summed E-state index contributed by atoms with van der Waals surface area (Å²) in [4.78, 5) is 12.9. The Morgan fingerprint density at radius 1 is 1.16 bits per heavy atom. The molecular formula is C20H26BrN3O. The highest BCUT2D eigenvalue weighted by atomic mass is 79.9. The number of aromatic nitrogens is 2. The highest BCUT2D eigenvalue weighted by molar-refractivity contribution is 9.10. The number of nitrogens with one attached hydrogen (secondary N) is 1. The number of hydrogen-bond acceptors (Lipinski definition) is 2. The van der Waals surface area contributed by atoms with Crippen LogP contribution in [0.1, 0.15) is 68.9 Å². The van der Waals surface area contributed by atoms with Crippen molar-refractivity contribution in [2.75, 3.05) is 0 Å². The summed E-state index contributed by atoms with van der Waals surface area (Å²) in [6.45, 7) is 6.37. The van der Waals surface area contributed by atoms with Crippen LogP contribution in [0.15, 0.2) is 34.9 Å². The van der Waals surface area contributed by atoms with Gasteiger partial charge in [-0.25, -0.2) is 4.68 Å². The van der Waals surface area contributed by atoms with Crippen molar-refractivity contribution in [2.24, 2.45) is 0 Å². The van der Waals surface area contributed by atoms with Gasteiger partial charge in [0.25, 0.3) is 5.91 Å². The van der Waals surface area contributed by atoms with Crippen LogP contribution in [-0.2, 0) is 5.41 Å². The molecule has 1 aromatic carbocycles. The summed E-state index contributed by atoms with van der Waals surface area (Å²) < 4.78 is 2.92. The van der Waals surface area contributed by atoms with Crippen molar-refractivity contribution in [3.8, 4) is 5.69 Å². The molecule has 1 aromatic heterocycles. The van der Waals surface area contributed by atoms with E-state index in [0.29, 0.717) is 11.6 Å². The average molecular weight is 404 g/mol. The van der Waals surface area contributed by atoms with Crippen molar-refractivity contribution in [2.45, 2.75) is 64.3 Å². The Balaban J connectivity index is 1.94. The van der Waals surface area contributed by atoms with Crippen LogP contribution in [-0.4, -0.2) is 21.7 Å². The van der Waals surface area contributed by atoms with Gasteiger partial charge in [-0.3, -0.25) is 4.79 Å². The fourth-order valence-corrected chi connectivity index (χ4v) is 3.79. The Bertz CT molecular complexity index is 737. The van der Waals surface area contributed by atoms with Crippen LogP contribution in [0.5, 0.6) is 0 Å². The third kappa shape index (κ3) is 4.14. The molecule has 3 rings (SSSR count). The van der Waals surface area contributed by atoms with Crippen molar-refractivity contribution in [1.29, 1.82) is 0 Å². The van der Waals surface area contributed by atoms with Crippen molar-refractivity contribution < 1.29 is 4.79 Å². The molecule has 2 aromatic rings. The van der Waals surface area contributed by atoms with Crippen LogP contribution in [0.25, 0.3) is 5.69 Å². The molecule has 1 saturated carbocycles. The van der Waals surface area contributed by atoms with Gasteiger partial charge < -0.3 is 5.32 Å². The van der Waals surface area contributed by atoms with Gasteiger partial charge >= 0.3 is 0 Å². The first kappa shape index (κ1) is 18.2. The molecule has 1 heterocycles. The van der Waals surface area contributed by atoms with Crippen LogP contribution >= 0.6 is 15.9 Å². The maximum atomic E-state index is 12.9. The Morgan fingerprint density at radius 2 is 1.80 bits per heavy atom. The molecule has 5 heteroatoms. The molecule has 134 valence electrons. The highest BCUT2D eigenvalue weighted by Crippen LogP contribution is 2.29. The first-order valence-corrected chi connectivity index (χ1v) is 9.81. The van der Waals surface area contributed by atoms with E-state index in [4.69, 9.17) is 0 Å². The number of benzene rings is 1. The van der Waals surface area contributed by atoms with Gasteiger partial charge in [0.15, 0.2) is 0 Å². The van der Waals surface area contributed by atoms with Gasteiger partial charge in [-0.05, 0) is 37.1 Å². The summed E-state index contributed by atoms with van der Waals surface area (Å²) in [5.74, 6) is 0.000173. The molecule has 1 fully saturated rings. The molecule has 0 atom stereocenters. The van der Waals surface area contributed by atoms with E-state index in [-0.39, 0.29) is 11.3 Å². The first-order chi connectivity index (χ1) is 11.9. The van der Waals surface area contributed by atoms with Crippen LogP contribution in [0.4, 0.5) is 0 Å². The van der Waals surface area contributed by atoms with Crippen molar-refractivity contribution in [3.63, 3.8) is 0 Å². The van der Waals surface area contributed by atoms with Crippen molar-refractivity contribution in [1.82, 2.24) is 15.1 Å². The molecule has 0 spiro atoms. The van der Waals surface area contributed by atoms with E-state index < -0.39 is 0 Å². The van der Waals surface area contributed by atoms with Crippen LogP contribution in [0, 0.1) is 0 Å². The first-order valence-electron chi connectivity index (χ1n) is 9.01. The third-order valence-corrected chi connectivity index (χ3v) is 5.26. The monoisotopic (exact) mass is 403 g/mol. The summed E-state index contributed by atoms with van der Waals surface area (Å²) in [5.41, 5.74) is 2.40. The molecule has 0 unspecified atom stereocenters. The lowest BCUT2D eigenvalue weighted by molar-refractivity contribution is 0.0925. The summed E-state index contributed by atoms with van der Waals surface area (Å²) in [7, 11) is 0. The van der Waals surface area contributed by atoms with Gasteiger partial charge in [0.1, 0.15) is 0 Å². The number of rotatable bonds is 3. The quantitative estimate of drug-likeness (QED) is 0.783. The zero-order chi connectivity index (χ0) is 18.0. The molecule has 1 N–H and O–H groups in total. The minimum absolute atomic E-state index is 0.000173. The molecule has 0 saturated heterocycles. The van der Waals surface area contributed by atoms with Gasteiger partial charge in [0.05, 0.1) is 23.1 Å². The van der Waals surface area contributed by atoms with Crippen LogP contribution in [0.2, 0.25) is 0 Å². The molecule has 0 aliphatic heterocycles. The lowest BCUT2D eigenvalue weighted by Gasteiger charge is -2.25. The maximum absolute atomic E-state index is 12.9. The van der Waals surface area contributed by atoms with E-state index >= 15 is 0 Å². The van der Waals surface area contributed by atoms with Gasteiger partial charge in [-0.1, -0.05) is 56.0 Å². The highest BCUT2D eigenvalue weighted by Gasteiger charge is 2.29. The van der Waals surface area contributed by atoms with Crippen LogP contribution in [0.3, 0.4) is 0 Å². The predicted molar refractivity (Wildman–Crippen MR) is 104 cm³/mol. The summed E-state index contributed by atoms with van der Waals surface area (Å²) in [6.07, 6.45) is 7.56. The molecule has 1 amide bonds. The van der Waals surface area contributed by atoms with Crippen LogP contribution < -0.4 is 5.32 Å². The van der Waals surface area contributed by atoms with E-state index in [1.165, 1.54) is 19.3 Å². The van der Waals surface area contributed by atoms with Gasteiger partial charge in [-0.15, -0.1) is 0 Å². The topological polar surface area (TPSA) is 46.9 Å². The minimum atomic E-state index is -0.192. The molecule has 4 nitrogen and oxygen atoms in total. The zero-order valence-corrected chi connectivity index (χ0v) is 16.8. The van der Waals surface area contributed by atoms with Gasteiger partial charge in [0, 0.05) is 15.9 Å². The van der Waals surface area contributed by atoms with E-state index in [1.54, 1.807) is 6.20 Å². The number of hydrogen-bond donors (Lipinski definition) is 1. The molecule has 1 aliphatic carbocycles. The lowest BCUT2D eigenvalue weighted by atomic mass is 9.88. The molecule has 1 aliphatic rings. The number of halogens is 1. The second-order valence-electron chi connectivity index (χ2n) is 7.85. The Morgan fingerprint density at radius 3 is 2.40 bits per heavy atom. The zero-order valence-electron chi connectivity index (χ0n) is 15.2. The maximum Gasteiger partial charge on any atom is 0.255 e. The summed E-state index contributed by atoms with van der Waals surface area (Å²) in [6, 6.07) is 8.30. The minimum Gasteiger partial charge on any atom is -0.349 e. The predicted octanol–water partition coefficient (Wildman–Crippen LogP) is 4.99. The number of carbonyl (C=O) groups is 1. The number of carbonyl (C=O) groups excluding carboxylic acids is 1. The van der Waals surface area contributed by atoms with Gasteiger partial charge in [0.2, 0.25) is 0 Å². The molecule has 0 radical (unpaired) electrons. The fraction of sp³-hybridized carbons (Fsp3) is 0.500. The SMILES string of the molecule is CC(C)(C)c1c(C(=O)NC2CCCCC2)cnn1-c1ccc(Br)cc1.